The van der Waals surface area contributed by atoms with E-state index in [9.17, 15) is 4.39 Å². The average molecular weight is 232 g/mol. The van der Waals surface area contributed by atoms with Crippen LogP contribution in [0.25, 0.3) is 11.1 Å². The van der Waals surface area contributed by atoms with Gasteiger partial charge in [-0.15, -0.1) is 0 Å². The molecule has 0 amide bonds. The molecule has 2 aromatic rings. The van der Waals surface area contributed by atoms with Crippen LogP contribution in [0.15, 0.2) is 36.5 Å². The van der Waals surface area contributed by atoms with Crippen molar-refractivity contribution >= 4 is 5.82 Å². The van der Waals surface area contributed by atoms with Gasteiger partial charge in [-0.05, 0) is 37.3 Å². The summed E-state index contributed by atoms with van der Waals surface area (Å²) < 4.78 is 19.1. The van der Waals surface area contributed by atoms with Gasteiger partial charge in [0.15, 0.2) is 0 Å². The van der Waals surface area contributed by atoms with E-state index in [1.54, 1.807) is 30.5 Å². The fourth-order valence-electron chi connectivity index (χ4n) is 1.61. The van der Waals surface area contributed by atoms with Crippen molar-refractivity contribution in [2.45, 2.75) is 6.92 Å². The second kappa shape index (κ2) is 4.82. The Morgan fingerprint density at radius 1 is 1.29 bits per heavy atom. The standard InChI is InChI=1S/C13H13FN2O/c1-2-17-9-5-6-12(14)11(8-9)10-4-3-7-16-13(10)15/h3-8H,2H2,1H3,(H2,15,16). The molecule has 88 valence electrons. The number of rotatable bonds is 3. The minimum Gasteiger partial charge on any atom is -0.494 e. The van der Waals surface area contributed by atoms with E-state index < -0.39 is 0 Å². The highest BCUT2D eigenvalue weighted by molar-refractivity contribution is 5.74. The maximum absolute atomic E-state index is 13.7. The normalized spacial score (nSPS) is 10.2. The fourth-order valence-corrected chi connectivity index (χ4v) is 1.61. The Morgan fingerprint density at radius 2 is 2.12 bits per heavy atom. The van der Waals surface area contributed by atoms with Crippen LogP contribution in [0, 0.1) is 5.82 Å². The molecule has 0 unspecified atom stereocenters. The first kappa shape index (κ1) is 11.4. The van der Waals surface area contributed by atoms with Gasteiger partial charge in [-0.1, -0.05) is 0 Å². The molecule has 1 heterocycles. The molecule has 0 atom stereocenters. The molecule has 2 rings (SSSR count). The van der Waals surface area contributed by atoms with Gasteiger partial charge in [0.2, 0.25) is 0 Å². The predicted octanol–water partition coefficient (Wildman–Crippen LogP) is 2.87. The Kier molecular flexibility index (Phi) is 3.23. The molecule has 0 saturated heterocycles. The molecule has 0 aliphatic carbocycles. The van der Waals surface area contributed by atoms with Crippen molar-refractivity contribution in [3.8, 4) is 16.9 Å². The predicted molar refractivity (Wildman–Crippen MR) is 65.2 cm³/mol. The van der Waals surface area contributed by atoms with Crippen molar-refractivity contribution in [1.82, 2.24) is 4.98 Å². The number of ether oxygens (including phenoxy) is 1. The number of aromatic nitrogens is 1. The lowest BCUT2D eigenvalue weighted by Gasteiger charge is -2.09. The van der Waals surface area contributed by atoms with E-state index in [4.69, 9.17) is 10.5 Å². The number of hydrogen-bond donors (Lipinski definition) is 1. The monoisotopic (exact) mass is 232 g/mol. The second-order valence-electron chi connectivity index (χ2n) is 3.51. The van der Waals surface area contributed by atoms with Gasteiger partial charge >= 0.3 is 0 Å². The number of anilines is 1. The van der Waals surface area contributed by atoms with E-state index in [1.807, 2.05) is 6.92 Å². The van der Waals surface area contributed by atoms with Crippen LogP contribution in [0.2, 0.25) is 0 Å². The van der Waals surface area contributed by atoms with Crippen LogP contribution in [-0.2, 0) is 0 Å². The Bertz CT molecular complexity index is 529. The van der Waals surface area contributed by atoms with Gasteiger partial charge in [0.05, 0.1) is 6.61 Å². The SMILES string of the molecule is CCOc1ccc(F)c(-c2cccnc2N)c1. The molecule has 4 heteroatoms. The van der Waals surface area contributed by atoms with E-state index in [1.165, 1.54) is 6.07 Å². The van der Waals surface area contributed by atoms with Crippen LogP contribution in [0.4, 0.5) is 10.2 Å². The first-order valence-corrected chi connectivity index (χ1v) is 5.35. The zero-order valence-corrected chi connectivity index (χ0v) is 9.48. The molecule has 0 bridgehead atoms. The second-order valence-corrected chi connectivity index (χ2v) is 3.51. The third-order valence-corrected chi connectivity index (χ3v) is 2.38. The fraction of sp³-hybridized carbons (Fsp3) is 0.154. The third-order valence-electron chi connectivity index (χ3n) is 2.38. The maximum Gasteiger partial charge on any atom is 0.131 e. The number of nitrogens with zero attached hydrogens (tertiary/aromatic N) is 1. The summed E-state index contributed by atoms with van der Waals surface area (Å²) in [5.74, 6) is 0.584. The third kappa shape index (κ3) is 2.36. The Morgan fingerprint density at radius 3 is 2.82 bits per heavy atom. The smallest absolute Gasteiger partial charge is 0.131 e. The van der Waals surface area contributed by atoms with Gasteiger partial charge in [0, 0.05) is 17.3 Å². The van der Waals surface area contributed by atoms with E-state index in [0.717, 1.165) is 0 Å². The van der Waals surface area contributed by atoms with Crippen LogP contribution in [-0.4, -0.2) is 11.6 Å². The van der Waals surface area contributed by atoms with Crippen molar-refractivity contribution in [3.63, 3.8) is 0 Å². The molecule has 0 saturated carbocycles. The largest absolute Gasteiger partial charge is 0.494 e. The summed E-state index contributed by atoms with van der Waals surface area (Å²) >= 11 is 0. The summed E-state index contributed by atoms with van der Waals surface area (Å²) in [6.45, 7) is 2.41. The zero-order chi connectivity index (χ0) is 12.3. The van der Waals surface area contributed by atoms with Crippen LogP contribution >= 0.6 is 0 Å². The van der Waals surface area contributed by atoms with Crippen LogP contribution in [0.3, 0.4) is 0 Å². The number of pyridine rings is 1. The van der Waals surface area contributed by atoms with Crippen molar-refractivity contribution in [2.75, 3.05) is 12.3 Å². The van der Waals surface area contributed by atoms with Crippen LogP contribution in [0.1, 0.15) is 6.92 Å². The topological polar surface area (TPSA) is 48.1 Å². The first-order valence-electron chi connectivity index (χ1n) is 5.35. The molecule has 0 aliphatic heterocycles. The number of nitrogen functional groups attached to an aromatic ring is 1. The van der Waals surface area contributed by atoms with Gasteiger partial charge in [0.25, 0.3) is 0 Å². The summed E-state index contributed by atoms with van der Waals surface area (Å²) in [7, 11) is 0. The number of benzene rings is 1. The molecule has 0 radical (unpaired) electrons. The summed E-state index contributed by atoms with van der Waals surface area (Å²) in [5.41, 5.74) is 6.71. The van der Waals surface area contributed by atoms with Gasteiger partial charge in [-0.2, -0.15) is 0 Å². The van der Waals surface area contributed by atoms with E-state index in [2.05, 4.69) is 4.98 Å². The van der Waals surface area contributed by atoms with Crippen LogP contribution < -0.4 is 10.5 Å². The molecule has 0 fully saturated rings. The highest BCUT2D eigenvalue weighted by Crippen LogP contribution is 2.29. The average Bonchev–Trinajstić information content (AvgIpc) is 2.33. The Balaban J connectivity index is 2.51. The quantitative estimate of drug-likeness (QED) is 0.885. The molecule has 17 heavy (non-hydrogen) atoms. The zero-order valence-electron chi connectivity index (χ0n) is 9.48. The number of halogens is 1. The lowest BCUT2D eigenvalue weighted by Crippen LogP contribution is -1.97. The van der Waals surface area contributed by atoms with E-state index >= 15 is 0 Å². The minimum absolute atomic E-state index is 0.306. The molecule has 0 aliphatic rings. The molecule has 2 N–H and O–H groups in total. The maximum atomic E-state index is 13.7. The summed E-state index contributed by atoms with van der Waals surface area (Å²) in [5, 5.41) is 0. The lowest BCUT2D eigenvalue weighted by atomic mass is 10.1. The van der Waals surface area contributed by atoms with Crippen LogP contribution in [0.5, 0.6) is 5.75 Å². The molecule has 1 aromatic carbocycles. The summed E-state index contributed by atoms with van der Waals surface area (Å²) in [4.78, 5) is 3.94. The van der Waals surface area contributed by atoms with Crippen molar-refractivity contribution < 1.29 is 9.13 Å². The van der Waals surface area contributed by atoms with Gasteiger partial charge in [0.1, 0.15) is 17.4 Å². The first-order chi connectivity index (χ1) is 8.22. The molecule has 1 aromatic heterocycles. The van der Waals surface area contributed by atoms with Crippen molar-refractivity contribution in [2.24, 2.45) is 0 Å². The molecular weight excluding hydrogens is 219 g/mol. The highest BCUT2D eigenvalue weighted by atomic mass is 19.1. The van der Waals surface area contributed by atoms with Gasteiger partial charge < -0.3 is 10.5 Å². The van der Waals surface area contributed by atoms with Gasteiger partial charge in [-0.25, -0.2) is 9.37 Å². The molecule has 3 nitrogen and oxygen atoms in total. The number of hydrogen-bond acceptors (Lipinski definition) is 3. The van der Waals surface area contributed by atoms with Gasteiger partial charge in [-0.3, -0.25) is 0 Å². The Labute approximate surface area is 99.1 Å². The summed E-state index contributed by atoms with van der Waals surface area (Å²) in [6, 6.07) is 8.04. The van der Waals surface area contributed by atoms with Crippen molar-refractivity contribution in [1.29, 1.82) is 0 Å². The van der Waals surface area contributed by atoms with E-state index in [-0.39, 0.29) is 5.82 Å². The molecule has 0 spiro atoms. The number of nitrogens with two attached hydrogens (primary N) is 1. The lowest BCUT2D eigenvalue weighted by molar-refractivity contribution is 0.340. The minimum atomic E-state index is -0.340. The highest BCUT2D eigenvalue weighted by Gasteiger charge is 2.10. The van der Waals surface area contributed by atoms with E-state index in [0.29, 0.717) is 29.3 Å². The Hall–Kier alpha value is -2.10. The van der Waals surface area contributed by atoms with Crippen molar-refractivity contribution in [3.05, 3.63) is 42.3 Å². The summed E-state index contributed by atoms with van der Waals surface area (Å²) in [6.07, 6.45) is 1.57. The molecular formula is C13H13FN2O.